The van der Waals surface area contributed by atoms with Crippen molar-refractivity contribution in [3.63, 3.8) is 0 Å². The average Bonchev–Trinajstić information content (AvgIpc) is 3.40. The normalized spacial score (nSPS) is 12.3. The van der Waals surface area contributed by atoms with Gasteiger partial charge >= 0.3 is 11.9 Å². The van der Waals surface area contributed by atoms with Gasteiger partial charge in [0.15, 0.2) is 0 Å². The topological polar surface area (TPSA) is 52.6 Å². The van der Waals surface area contributed by atoms with Crippen LogP contribution in [0.2, 0.25) is 0 Å². The highest BCUT2D eigenvalue weighted by atomic mass is 32.1. The van der Waals surface area contributed by atoms with E-state index in [1.165, 1.54) is 51.5 Å². The number of aryl methyl sites for hydroxylation is 2. The lowest BCUT2D eigenvalue weighted by Gasteiger charge is -1.94. The minimum absolute atomic E-state index is 0.311. The van der Waals surface area contributed by atoms with E-state index in [9.17, 15) is 9.59 Å². The first kappa shape index (κ1) is 21.2. The molecule has 156 valence electrons. The molecule has 4 nitrogen and oxygen atoms in total. The molecule has 0 amide bonds. The molecule has 0 aliphatic rings. The Balaban J connectivity index is 1.74. The number of carbonyl (C=O) groups excluding carboxylic acids is 2. The third-order valence-electron chi connectivity index (χ3n) is 4.60. The van der Waals surface area contributed by atoms with Gasteiger partial charge in [0.05, 0.1) is 41.4 Å². The van der Waals surface area contributed by atoms with E-state index in [2.05, 4.69) is 13.8 Å². The second-order valence-electron chi connectivity index (χ2n) is 6.53. The highest BCUT2D eigenvalue weighted by Crippen LogP contribution is 2.52. The molecule has 0 saturated carbocycles. The molecule has 0 radical (unpaired) electrons. The van der Waals surface area contributed by atoms with Crippen LogP contribution >= 0.6 is 45.3 Å². The van der Waals surface area contributed by atoms with Crippen molar-refractivity contribution in [1.29, 1.82) is 0 Å². The van der Waals surface area contributed by atoms with E-state index in [0.29, 0.717) is 13.2 Å². The number of hydrogen-bond acceptors (Lipinski definition) is 8. The van der Waals surface area contributed by atoms with E-state index in [-0.39, 0.29) is 11.9 Å². The van der Waals surface area contributed by atoms with Crippen molar-refractivity contribution < 1.29 is 19.1 Å². The second-order valence-corrected chi connectivity index (χ2v) is 10.7. The molecule has 0 N–H and O–H groups in total. The van der Waals surface area contributed by atoms with Crippen molar-refractivity contribution in [2.75, 3.05) is 13.2 Å². The Bertz CT molecular complexity index is 1220. The standard InChI is InChI=1S/C22H20O4S4/c1-5-25-15(23)9-7-13-11(3)17-19(27-13)21-22(29-17)20-18(30-21)12(4)14(28-20)8-10-16(24)26-6-2/h7-10H,5-6H2,1-4H3/b9-7+,10-8+. The van der Waals surface area contributed by atoms with Crippen LogP contribution in [0.3, 0.4) is 0 Å². The van der Waals surface area contributed by atoms with Crippen molar-refractivity contribution in [3.05, 3.63) is 33.0 Å². The molecule has 0 unspecified atom stereocenters. The first-order valence-corrected chi connectivity index (χ1v) is 12.8. The number of thiophene rings is 4. The molecule has 8 heteroatoms. The molecule has 4 aromatic heterocycles. The quantitative estimate of drug-likeness (QED) is 0.219. The maximum Gasteiger partial charge on any atom is 0.330 e. The molecular weight excluding hydrogens is 457 g/mol. The van der Waals surface area contributed by atoms with Gasteiger partial charge in [-0.15, -0.1) is 45.3 Å². The molecule has 0 fully saturated rings. The fourth-order valence-corrected chi connectivity index (χ4v) is 9.00. The highest BCUT2D eigenvalue weighted by Gasteiger charge is 2.20. The minimum atomic E-state index is -0.311. The molecule has 0 aromatic carbocycles. The molecule has 4 heterocycles. The van der Waals surface area contributed by atoms with Crippen molar-refractivity contribution in [1.82, 2.24) is 0 Å². The predicted molar refractivity (Wildman–Crippen MR) is 131 cm³/mol. The lowest BCUT2D eigenvalue weighted by atomic mass is 10.2. The fourth-order valence-electron chi connectivity index (χ4n) is 3.16. The van der Waals surface area contributed by atoms with Gasteiger partial charge in [-0.05, 0) is 51.0 Å². The summed E-state index contributed by atoms with van der Waals surface area (Å²) >= 11 is 7.07. The van der Waals surface area contributed by atoms with Crippen molar-refractivity contribution >= 4 is 97.6 Å². The monoisotopic (exact) mass is 476 g/mol. The average molecular weight is 477 g/mol. The Morgan fingerprint density at radius 1 is 0.667 bits per heavy atom. The molecule has 0 spiro atoms. The molecule has 0 bridgehead atoms. The van der Waals surface area contributed by atoms with Crippen LogP contribution in [0.1, 0.15) is 34.7 Å². The molecule has 0 atom stereocenters. The van der Waals surface area contributed by atoms with Gasteiger partial charge in [-0.3, -0.25) is 0 Å². The lowest BCUT2D eigenvalue weighted by Crippen LogP contribution is -1.98. The number of rotatable bonds is 6. The van der Waals surface area contributed by atoms with Crippen molar-refractivity contribution in [3.8, 4) is 0 Å². The summed E-state index contributed by atoms with van der Waals surface area (Å²) in [4.78, 5) is 25.5. The van der Waals surface area contributed by atoms with Gasteiger partial charge in [-0.1, -0.05) is 0 Å². The number of ether oxygens (including phenoxy) is 2. The van der Waals surface area contributed by atoms with Crippen LogP contribution in [0, 0.1) is 13.8 Å². The van der Waals surface area contributed by atoms with Crippen LogP contribution in [-0.2, 0) is 19.1 Å². The zero-order valence-corrected chi connectivity index (χ0v) is 20.3. The Kier molecular flexibility index (Phi) is 6.11. The summed E-state index contributed by atoms with van der Waals surface area (Å²) in [6, 6.07) is 0. The van der Waals surface area contributed by atoms with Gasteiger partial charge in [-0.2, -0.15) is 0 Å². The van der Waals surface area contributed by atoms with Gasteiger partial charge in [0, 0.05) is 21.9 Å². The van der Waals surface area contributed by atoms with Crippen LogP contribution in [0.15, 0.2) is 12.2 Å². The van der Waals surface area contributed by atoms with E-state index >= 15 is 0 Å². The van der Waals surface area contributed by atoms with Crippen molar-refractivity contribution in [2.24, 2.45) is 0 Å². The van der Waals surface area contributed by atoms with Crippen LogP contribution < -0.4 is 0 Å². The summed E-state index contributed by atoms with van der Waals surface area (Å²) in [5.74, 6) is -0.621. The van der Waals surface area contributed by atoms with Gasteiger partial charge in [-0.25, -0.2) is 9.59 Å². The van der Waals surface area contributed by atoms with E-state index in [0.717, 1.165) is 9.75 Å². The van der Waals surface area contributed by atoms with Gasteiger partial charge in [0.1, 0.15) is 0 Å². The number of carbonyl (C=O) groups is 2. The minimum Gasteiger partial charge on any atom is -0.463 e. The molecule has 0 aliphatic heterocycles. The SMILES string of the molecule is CCOC(=O)/C=C/c1sc2c(sc3c4sc(/C=C/C(=O)OCC)c(C)c4sc23)c1C. The summed E-state index contributed by atoms with van der Waals surface area (Å²) in [5.41, 5.74) is 2.40. The molecule has 30 heavy (non-hydrogen) atoms. The Morgan fingerprint density at radius 3 is 1.40 bits per heavy atom. The zero-order valence-electron chi connectivity index (χ0n) is 17.0. The summed E-state index contributed by atoms with van der Waals surface area (Å²) in [6.07, 6.45) is 6.72. The molecule has 4 aromatic rings. The maximum absolute atomic E-state index is 11.6. The third-order valence-corrected chi connectivity index (χ3v) is 10.4. The first-order chi connectivity index (χ1) is 14.4. The van der Waals surface area contributed by atoms with Gasteiger partial charge in [0.2, 0.25) is 0 Å². The van der Waals surface area contributed by atoms with E-state index in [1.54, 1.807) is 36.5 Å². The molecule has 0 aliphatic carbocycles. The van der Waals surface area contributed by atoms with Crippen LogP contribution in [-0.4, -0.2) is 25.2 Å². The first-order valence-electron chi connectivity index (χ1n) is 9.51. The van der Waals surface area contributed by atoms with E-state index in [4.69, 9.17) is 9.47 Å². The maximum atomic E-state index is 11.6. The van der Waals surface area contributed by atoms with Crippen molar-refractivity contribution in [2.45, 2.75) is 27.7 Å². The van der Waals surface area contributed by atoms with Crippen LogP contribution in [0.4, 0.5) is 0 Å². The smallest absolute Gasteiger partial charge is 0.330 e. The second kappa shape index (κ2) is 8.63. The van der Waals surface area contributed by atoms with E-state index in [1.807, 2.05) is 34.8 Å². The number of hydrogen-bond donors (Lipinski definition) is 0. The molecule has 0 saturated heterocycles. The largest absolute Gasteiger partial charge is 0.463 e. The van der Waals surface area contributed by atoms with Gasteiger partial charge in [0.25, 0.3) is 0 Å². The highest BCUT2D eigenvalue weighted by molar-refractivity contribution is 7.44. The summed E-state index contributed by atoms with van der Waals surface area (Å²) < 4.78 is 17.7. The van der Waals surface area contributed by atoms with Gasteiger partial charge < -0.3 is 9.47 Å². The Morgan fingerprint density at radius 2 is 1.03 bits per heavy atom. The summed E-state index contributed by atoms with van der Waals surface area (Å²) in [6.45, 7) is 8.58. The Hall–Kier alpha value is -2.00. The van der Waals surface area contributed by atoms with Crippen LogP contribution in [0.5, 0.6) is 0 Å². The third kappa shape index (κ3) is 3.73. The lowest BCUT2D eigenvalue weighted by molar-refractivity contribution is -0.138. The summed E-state index contributed by atoms with van der Waals surface area (Å²) in [7, 11) is 0. The van der Waals surface area contributed by atoms with E-state index < -0.39 is 0 Å². The molecular formula is C22H20O4S4. The predicted octanol–water partition coefficient (Wildman–Crippen LogP) is 7.16. The fraction of sp³-hybridized carbons (Fsp3) is 0.273. The zero-order chi connectivity index (χ0) is 21.4. The summed E-state index contributed by atoms with van der Waals surface area (Å²) in [5, 5.41) is 0. The number of fused-ring (bicyclic) bond motifs is 5. The van der Waals surface area contributed by atoms with Crippen LogP contribution in [0.25, 0.3) is 40.4 Å². The number of esters is 2. The Labute approximate surface area is 190 Å². The molecule has 4 rings (SSSR count).